The normalized spacial score (nSPS) is 17.8. The van der Waals surface area contributed by atoms with Crippen LogP contribution in [0.25, 0.3) is 0 Å². The van der Waals surface area contributed by atoms with Gasteiger partial charge in [0.05, 0.1) is 17.9 Å². The van der Waals surface area contributed by atoms with Crippen LogP contribution in [0.3, 0.4) is 0 Å². The fourth-order valence-corrected chi connectivity index (χ4v) is 2.48. The molecule has 17 heavy (non-hydrogen) atoms. The molecule has 2 nitrogen and oxygen atoms in total. The number of nitrogens with zero attached hydrogens (tertiary/aromatic N) is 1. The molecule has 0 aliphatic heterocycles. The van der Waals surface area contributed by atoms with Gasteiger partial charge in [0.15, 0.2) is 0 Å². The Labute approximate surface area is 106 Å². The Hall–Kier alpha value is -1.54. The van der Waals surface area contributed by atoms with Gasteiger partial charge in [-0.25, -0.2) is 4.98 Å². The number of benzene rings is 1. The number of anilines is 1. The molecule has 1 unspecified atom stereocenters. The smallest absolute Gasteiger partial charge is 0.129 e. The fraction of sp³-hybridized carbons (Fsp3) is 0.214. The second kappa shape index (κ2) is 4.38. The van der Waals surface area contributed by atoms with Crippen molar-refractivity contribution in [2.45, 2.75) is 18.9 Å². The van der Waals surface area contributed by atoms with Crippen LogP contribution in [0, 0.1) is 0 Å². The second-order valence-corrected chi connectivity index (χ2v) is 4.69. The minimum atomic E-state index is 0.397. The maximum atomic E-state index is 5.77. The van der Waals surface area contributed by atoms with Crippen LogP contribution < -0.4 is 5.32 Å². The summed E-state index contributed by atoms with van der Waals surface area (Å²) < 4.78 is 0. The summed E-state index contributed by atoms with van der Waals surface area (Å²) >= 11 is 5.77. The summed E-state index contributed by atoms with van der Waals surface area (Å²) in [5.41, 5.74) is 3.88. The molecule has 1 aromatic carbocycles. The lowest BCUT2D eigenvalue weighted by atomic mass is 10.1. The maximum Gasteiger partial charge on any atom is 0.129 e. The fourth-order valence-electron chi connectivity index (χ4n) is 2.37. The predicted molar refractivity (Wildman–Crippen MR) is 70.4 cm³/mol. The minimum Gasteiger partial charge on any atom is -0.377 e. The largest absolute Gasteiger partial charge is 0.377 e. The molecular weight excluding hydrogens is 232 g/mol. The summed E-state index contributed by atoms with van der Waals surface area (Å²) in [7, 11) is 0. The van der Waals surface area contributed by atoms with Gasteiger partial charge in [-0.2, -0.15) is 0 Å². The number of halogens is 1. The molecule has 2 aromatic rings. The van der Waals surface area contributed by atoms with Crippen LogP contribution in [0.2, 0.25) is 5.15 Å². The van der Waals surface area contributed by atoms with Crippen molar-refractivity contribution in [3.05, 3.63) is 58.9 Å². The van der Waals surface area contributed by atoms with Gasteiger partial charge in [0, 0.05) is 0 Å². The Kier molecular flexibility index (Phi) is 2.73. The molecule has 0 saturated carbocycles. The van der Waals surface area contributed by atoms with Crippen LogP contribution in [0.5, 0.6) is 0 Å². The molecule has 0 amide bonds. The molecule has 0 spiro atoms. The summed E-state index contributed by atoms with van der Waals surface area (Å²) in [5, 5.41) is 4.03. The zero-order chi connectivity index (χ0) is 11.7. The van der Waals surface area contributed by atoms with Gasteiger partial charge in [0.2, 0.25) is 0 Å². The van der Waals surface area contributed by atoms with Gasteiger partial charge < -0.3 is 5.32 Å². The lowest BCUT2D eigenvalue weighted by Gasteiger charge is -2.15. The van der Waals surface area contributed by atoms with Crippen molar-refractivity contribution in [3.8, 4) is 0 Å². The van der Waals surface area contributed by atoms with Crippen LogP contribution in [0.4, 0.5) is 5.69 Å². The van der Waals surface area contributed by atoms with Crippen molar-refractivity contribution in [1.29, 1.82) is 0 Å². The number of rotatable bonds is 2. The Morgan fingerprint density at radius 1 is 1.18 bits per heavy atom. The number of fused-ring (bicyclic) bond motifs is 1. The molecule has 0 saturated heterocycles. The Morgan fingerprint density at radius 2 is 2.06 bits per heavy atom. The van der Waals surface area contributed by atoms with E-state index in [9.17, 15) is 0 Å². The molecule has 1 aliphatic rings. The van der Waals surface area contributed by atoms with E-state index in [1.54, 1.807) is 6.20 Å². The first-order chi connectivity index (χ1) is 8.33. The van der Waals surface area contributed by atoms with Crippen LogP contribution in [-0.4, -0.2) is 4.98 Å². The molecule has 0 bridgehead atoms. The number of pyridine rings is 1. The molecule has 3 heteroatoms. The number of aryl methyl sites for hydroxylation is 1. The molecule has 0 fully saturated rings. The van der Waals surface area contributed by atoms with E-state index in [1.165, 1.54) is 11.1 Å². The van der Waals surface area contributed by atoms with Crippen molar-refractivity contribution in [2.24, 2.45) is 0 Å². The van der Waals surface area contributed by atoms with Gasteiger partial charge in [-0.15, -0.1) is 0 Å². The van der Waals surface area contributed by atoms with Gasteiger partial charge in [-0.05, 0) is 36.1 Å². The molecule has 1 atom stereocenters. The quantitative estimate of drug-likeness (QED) is 0.812. The first-order valence-corrected chi connectivity index (χ1v) is 6.16. The predicted octanol–water partition coefficient (Wildman–Crippen LogP) is 3.83. The third-order valence-corrected chi connectivity index (χ3v) is 3.42. The molecule has 0 radical (unpaired) electrons. The van der Waals surface area contributed by atoms with E-state index in [2.05, 4.69) is 34.6 Å². The highest BCUT2D eigenvalue weighted by Gasteiger charge is 2.21. The van der Waals surface area contributed by atoms with Crippen molar-refractivity contribution in [1.82, 2.24) is 4.98 Å². The van der Waals surface area contributed by atoms with Gasteiger partial charge >= 0.3 is 0 Å². The topological polar surface area (TPSA) is 24.9 Å². The van der Waals surface area contributed by atoms with E-state index < -0.39 is 0 Å². The maximum absolute atomic E-state index is 5.77. The van der Waals surface area contributed by atoms with Gasteiger partial charge in [0.25, 0.3) is 0 Å². The van der Waals surface area contributed by atoms with Crippen molar-refractivity contribution in [2.75, 3.05) is 5.32 Å². The molecule has 1 aliphatic carbocycles. The van der Waals surface area contributed by atoms with Crippen molar-refractivity contribution >= 4 is 17.3 Å². The summed E-state index contributed by atoms with van der Waals surface area (Å²) in [6.45, 7) is 0. The first-order valence-electron chi connectivity index (χ1n) is 5.79. The van der Waals surface area contributed by atoms with E-state index in [1.807, 2.05) is 12.1 Å². The number of hydrogen-bond donors (Lipinski definition) is 1. The monoisotopic (exact) mass is 244 g/mol. The SMILES string of the molecule is Clc1ccc(NC2CCc3ccccc32)cn1. The van der Waals surface area contributed by atoms with Gasteiger partial charge in [0.1, 0.15) is 5.15 Å². The van der Waals surface area contributed by atoms with Crippen molar-refractivity contribution in [3.63, 3.8) is 0 Å². The van der Waals surface area contributed by atoms with E-state index in [0.717, 1.165) is 18.5 Å². The summed E-state index contributed by atoms with van der Waals surface area (Å²) in [5.74, 6) is 0. The molecule has 1 aromatic heterocycles. The standard InChI is InChI=1S/C14H13ClN2/c15-14-8-6-11(9-16-14)17-13-7-5-10-3-1-2-4-12(10)13/h1-4,6,8-9,13,17H,5,7H2. The average molecular weight is 245 g/mol. The minimum absolute atomic E-state index is 0.397. The summed E-state index contributed by atoms with van der Waals surface area (Å²) in [6.07, 6.45) is 4.07. The van der Waals surface area contributed by atoms with E-state index in [-0.39, 0.29) is 0 Å². The van der Waals surface area contributed by atoms with Gasteiger partial charge in [-0.3, -0.25) is 0 Å². The summed E-state index contributed by atoms with van der Waals surface area (Å²) in [4.78, 5) is 4.08. The zero-order valence-corrected chi connectivity index (χ0v) is 10.1. The molecule has 1 N–H and O–H groups in total. The highest BCUT2D eigenvalue weighted by molar-refractivity contribution is 6.29. The van der Waals surface area contributed by atoms with Crippen LogP contribution in [-0.2, 0) is 6.42 Å². The van der Waals surface area contributed by atoms with E-state index in [0.29, 0.717) is 11.2 Å². The van der Waals surface area contributed by atoms with E-state index in [4.69, 9.17) is 11.6 Å². The third-order valence-electron chi connectivity index (χ3n) is 3.20. The average Bonchev–Trinajstić information content (AvgIpc) is 2.76. The zero-order valence-electron chi connectivity index (χ0n) is 9.36. The molecule has 3 rings (SSSR count). The summed E-state index contributed by atoms with van der Waals surface area (Å²) in [6, 6.07) is 12.8. The molecular formula is C14H13ClN2. The van der Waals surface area contributed by atoms with Gasteiger partial charge in [-0.1, -0.05) is 35.9 Å². The number of aromatic nitrogens is 1. The van der Waals surface area contributed by atoms with Crippen LogP contribution >= 0.6 is 11.6 Å². The highest BCUT2D eigenvalue weighted by atomic mass is 35.5. The van der Waals surface area contributed by atoms with Crippen LogP contribution in [0.1, 0.15) is 23.6 Å². The Balaban J connectivity index is 1.81. The number of nitrogens with one attached hydrogen (secondary N) is 1. The van der Waals surface area contributed by atoms with Crippen molar-refractivity contribution < 1.29 is 0 Å². The third kappa shape index (κ3) is 2.13. The lowest BCUT2D eigenvalue weighted by Crippen LogP contribution is -2.07. The molecule has 86 valence electrons. The molecule has 1 heterocycles. The Bertz CT molecular complexity index is 522. The Morgan fingerprint density at radius 3 is 2.88 bits per heavy atom. The second-order valence-electron chi connectivity index (χ2n) is 4.30. The number of hydrogen-bond acceptors (Lipinski definition) is 2. The first kappa shape index (κ1) is 10.6. The lowest BCUT2D eigenvalue weighted by molar-refractivity contribution is 0.761. The van der Waals surface area contributed by atoms with E-state index >= 15 is 0 Å². The highest BCUT2D eigenvalue weighted by Crippen LogP contribution is 2.33. The van der Waals surface area contributed by atoms with Crippen LogP contribution in [0.15, 0.2) is 42.6 Å².